The van der Waals surface area contributed by atoms with Gasteiger partial charge in [0.05, 0.1) is 47.7 Å². The third-order valence-electron chi connectivity index (χ3n) is 12.2. The van der Waals surface area contributed by atoms with Crippen molar-refractivity contribution in [1.82, 2.24) is 9.80 Å². The van der Waals surface area contributed by atoms with E-state index in [0.717, 1.165) is 59.6 Å². The maximum Gasteiger partial charge on any atom is 0.187 e. The van der Waals surface area contributed by atoms with Gasteiger partial charge in [-0.15, -0.1) is 0 Å². The number of nitrogens with zero attached hydrogens (tertiary/aromatic N) is 8. The number of nitriles is 2. The molecule has 0 aromatic heterocycles. The van der Waals surface area contributed by atoms with Crippen LogP contribution in [0.25, 0.3) is 9.69 Å². The molecular weight excluding hydrogens is 967 g/mol. The zero-order chi connectivity index (χ0) is 45.3. The summed E-state index contributed by atoms with van der Waals surface area (Å²) < 4.78 is 1.80. The fourth-order valence-corrected chi connectivity index (χ4v) is 9.58. The summed E-state index contributed by atoms with van der Waals surface area (Å²) in [6.07, 6.45) is 0. The van der Waals surface area contributed by atoms with E-state index in [1.54, 1.807) is 0 Å². The summed E-state index contributed by atoms with van der Waals surface area (Å²) in [5.74, 6) is 0. The maximum atomic E-state index is 9.75. The Morgan fingerprint density at radius 2 is 0.906 bits per heavy atom. The van der Waals surface area contributed by atoms with E-state index in [0.29, 0.717) is 32.5 Å². The second-order valence-corrected chi connectivity index (χ2v) is 18.5. The van der Waals surface area contributed by atoms with Crippen molar-refractivity contribution in [1.29, 1.82) is 10.5 Å². The fourth-order valence-electron chi connectivity index (χ4n) is 8.60. The molecule has 64 heavy (non-hydrogen) atoms. The first-order valence-corrected chi connectivity index (χ1v) is 23.2. The third kappa shape index (κ3) is 10.8. The van der Waals surface area contributed by atoms with Gasteiger partial charge in [-0.05, 0) is 96.8 Å². The van der Waals surface area contributed by atoms with Crippen LogP contribution in [0.5, 0.6) is 0 Å². The second kappa shape index (κ2) is 21.3. The molecule has 2 fully saturated rings. The van der Waals surface area contributed by atoms with Crippen molar-refractivity contribution in [2.75, 3.05) is 49.1 Å². The van der Waals surface area contributed by atoms with Crippen molar-refractivity contribution in [3.63, 3.8) is 0 Å². The van der Waals surface area contributed by atoms with Crippen LogP contribution in [0.15, 0.2) is 142 Å². The summed E-state index contributed by atoms with van der Waals surface area (Å²) >= 11 is 19.3. The van der Waals surface area contributed by atoms with Gasteiger partial charge in [-0.2, -0.15) is 10.5 Å². The molecule has 12 heteroatoms. The highest BCUT2D eigenvalue weighted by Crippen LogP contribution is 2.39. The molecule has 320 valence electrons. The molecule has 2 aliphatic heterocycles. The Labute approximate surface area is 403 Å². The molecule has 6 aromatic rings. The smallest absolute Gasteiger partial charge is 0.187 e. The van der Waals surface area contributed by atoms with Crippen molar-refractivity contribution in [3.8, 4) is 12.1 Å². The van der Waals surface area contributed by atoms with Gasteiger partial charge < -0.3 is 9.80 Å². The van der Waals surface area contributed by atoms with E-state index in [2.05, 4.69) is 111 Å². The number of hydrogen-bond acceptors (Lipinski definition) is 6. The van der Waals surface area contributed by atoms with E-state index >= 15 is 0 Å². The lowest BCUT2D eigenvalue weighted by molar-refractivity contribution is 0.171. The summed E-state index contributed by atoms with van der Waals surface area (Å²) in [6, 6.07) is 48.8. The maximum absolute atomic E-state index is 9.75. The van der Waals surface area contributed by atoms with Gasteiger partial charge in [-0.1, -0.05) is 128 Å². The van der Waals surface area contributed by atoms with Gasteiger partial charge in [-0.3, -0.25) is 9.80 Å². The van der Waals surface area contributed by atoms with E-state index in [9.17, 15) is 10.5 Å². The van der Waals surface area contributed by atoms with Gasteiger partial charge in [0.15, 0.2) is 11.4 Å². The molecule has 8 nitrogen and oxygen atoms in total. The number of halogens is 4. The lowest BCUT2D eigenvalue weighted by atomic mass is 9.97. The summed E-state index contributed by atoms with van der Waals surface area (Å²) in [7, 11) is 0. The molecule has 8 rings (SSSR count). The van der Waals surface area contributed by atoms with Crippen LogP contribution in [0.2, 0.25) is 10.0 Å². The first kappa shape index (κ1) is 46.3. The Morgan fingerprint density at radius 3 is 1.23 bits per heavy atom. The molecule has 0 bridgehead atoms. The molecule has 0 amide bonds. The van der Waals surface area contributed by atoms with Crippen LogP contribution in [-0.2, 0) is 0 Å². The number of anilines is 2. The van der Waals surface area contributed by atoms with Crippen molar-refractivity contribution in [2.24, 2.45) is 0 Å². The van der Waals surface area contributed by atoms with Crippen LogP contribution >= 0.6 is 55.1 Å². The van der Waals surface area contributed by atoms with Gasteiger partial charge in [0, 0.05) is 70.3 Å². The van der Waals surface area contributed by atoms with E-state index < -0.39 is 0 Å². The quantitative estimate of drug-likeness (QED) is 0.142. The van der Waals surface area contributed by atoms with E-state index in [4.69, 9.17) is 36.3 Å². The minimum Gasteiger partial charge on any atom is -0.361 e. The topological polar surface area (TPSA) is 69.3 Å². The molecule has 2 heterocycles. The number of benzene rings is 6. The lowest BCUT2D eigenvalue weighted by Crippen LogP contribution is -2.49. The highest BCUT2D eigenvalue weighted by Gasteiger charge is 2.34. The van der Waals surface area contributed by atoms with Crippen LogP contribution in [0, 0.1) is 35.8 Å². The molecule has 2 aliphatic rings. The largest absolute Gasteiger partial charge is 0.361 e. The summed E-state index contributed by atoms with van der Waals surface area (Å²) in [5.41, 5.74) is 9.26. The minimum atomic E-state index is 0.0826. The zero-order valence-electron chi connectivity index (χ0n) is 35.3. The summed E-state index contributed by atoms with van der Waals surface area (Å²) in [5, 5.41) is 20.9. The minimum absolute atomic E-state index is 0.0826. The monoisotopic (exact) mass is 1010 g/mol. The van der Waals surface area contributed by atoms with Crippen LogP contribution in [0.1, 0.15) is 71.4 Å². The predicted molar refractivity (Wildman–Crippen MR) is 266 cm³/mol. The molecule has 0 saturated carbocycles. The van der Waals surface area contributed by atoms with Gasteiger partial charge in [0.25, 0.3) is 0 Å². The molecular formula is C52H44Br2Cl2N8. The summed E-state index contributed by atoms with van der Waals surface area (Å²) in [4.78, 5) is 16.6. The average molecular weight is 1010 g/mol. The highest BCUT2D eigenvalue weighted by molar-refractivity contribution is 9.10. The fraction of sp³-hybridized carbons (Fsp3) is 0.231. The van der Waals surface area contributed by atoms with Crippen molar-refractivity contribution in [2.45, 2.75) is 38.0 Å². The summed E-state index contributed by atoms with van der Waals surface area (Å²) in [6.45, 7) is 23.7. The van der Waals surface area contributed by atoms with Crippen LogP contribution in [-0.4, -0.2) is 49.1 Å². The van der Waals surface area contributed by atoms with Gasteiger partial charge in [0.1, 0.15) is 12.1 Å². The third-order valence-corrected chi connectivity index (χ3v) is 13.7. The Kier molecular flexibility index (Phi) is 15.5. The molecule has 0 aliphatic carbocycles. The Balaban J connectivity index is 0.000000191. The number of piperazine rings is 2. The van der Waals surface area contributed by atoms with Crippen LogP contribution < -0.4 is 9.80 Å². The molecule has 6 aromatic carbocycles. The van der Waals surface area contributed by atoms with Gasteiger partial charge in [-0.25, -0.2) is 9.69 Å². The normalized spacial score (nSPS) is 17.4. The lowest BCUT2D eigenvalue weighted by Gasteiger charge is -2.45. The van der Waals surface area contributed by atoms with Crippen molar-refractivity contribution >= 4 is 77.8 Å². The van der Waals surface area contributed by atoms with E-state index in [-0.39, 0.29) is 24.2 Å². The highest BCUT2D eigenvalue weighted by atomic mass is 79.9. The predicted octanol–water partition coefficient (Wildman–Crippen LogP) is 14.3. The Morgan fingerprint density at radius 1 is 0.547 bits per heavy atom. The van der Waals surface area contributed by atoms with Gasteiger partial charge in [0.2, 0.25) is 0 Å². The average Bonchev–Trinajstić information content (AvgIpc) is 3.34. The standard InChI is InChI=1S/2C26H22BrClN4/c2*1-18(19-5-10-24(30-2)11-6-19)31-13-14-32(25-12-7-22(27)15-21(25)16-29)26(17-31)20-3-8-23(28)9-4-20/h2*3-12,15,18,26H,13-14,17H2,1H3/t18-,26+;18-,26-/m10/s1. The SMILES string of the molecule is [C-]#[N+]c1ccc([C@@H](C)N2CCN(c3ccc(Br)cc3C#N)[C@H](c3ccc(Cl)cc3)C2)cc1.[C-]#[N+]c1ccc([C@H](C)N2CCN(c3ccc(Br)cc3C#N)[C@H](c3ccc(Cl)cc3)C2)cc1. The molecule has 0 spiro atoms. The molecule has 0 N–H and O–H groups in total. The van der Waals surface area contributed by atoms with Crippen LogP contribution in [0.3, 0.4) is 0 Å². The number of rotatable bonds is 8. The van der Waals surface area contributed by atoms with E-state index in [1.807, 2.05) is 109 Å². The first-order valence-electron chi connectivity index (χ1n) is 20.9. The Hall–Kier alpha value is -5.66. The second-order valence-electron chi connectivity index (χ2n) is 15.8. The van der Waals surface area contributed by atoms with Crippen molar-refractivity contribution in [3.05, 3.63) is 209 Å². The van der Waals surface area contributed by atoms with Crippen molar-refractivity contribution < 1.29 is 0 Å². The zero-order valence-corrected chi connectivity index (χ0v) is 40.0. The Bertz CT molecular complexity index is 2550. The van der Waals surface area contributed by atoms with Crippen LogP contribution in [0.4, 0.5) is 22.7 Å². The molecule has 2 saturated heterocycles. The first-order chi connectivity index (χ1) is 31.0. The van der Waals surface area contributed by atoms with Gasteiger partial charge >= 0.3 is 0 Å². The molecule has 4 atom stereocenters. The van der Waals surface area contributed by atoms with E-state index in [1.165, 1.54) is 22.3 Å². The number of hydrogen-bond donors (Lipinski definition) is 0. The molecule has 0 radical (unpaired) electrons. The molecule has 0 unspecified atom stereocenters.